The maximum Gasteiger partial charge on any atom is 0.242 e. The molecule has 0 aromatic carbocycles. The maximum atomic E-state index is 5.92. The standard InChI is InChI=1S/C16H18N6O2/c1-22-9-11(7-20-22)13-6-14-15(19-3-2-18-14)16(21-13)24-10-12-8-17-4-5-23-12/h2-3,6-7,9,12,17H,4-5,8,10H2,1H3/t12-/m0/s1. The molecule has 0 radical (unpaired) electrons. The van der Waals surface area contributed by atoms with E-state index in [1.54, 1.807) is 23.3 Å². The molecule has 0 unspecified atom stereocenters. The summed E-state index contributed by atoms with van der Waals surface area (Å²) in [4.78, 5) is 13.3. The van der Waals surface area contributed by atoms with Gasteiger partial charge in [0.2, 0.25) is 5.88 Å². The quantitative estimate of drug-likeness (QED) is 0.758. The topological polar surface area (TPSA) is 87.0 Å². The first-order valence-corrected chi connectivity index (χ1v) is 7.85. The molecule has 1 fully saturated rings. The van der Waals surface area contributed by atoms with Gasteiger partial charge in [-0.2, -0.15) is 5.10 Å². The number of nitrogens with zero attached hydrogens (tertiary/aromatic N) is 5. The normalized spacial score (nSPS) is 18.0. The summed E-state index contributed by atoms with van der Waals surface area (Å²) in [6.45, 7) is 2.76. The third kappa shape index (κ3) is 3.06. The van der Waals surface area contributed by atoms with Crippen molar-refractivity contribution in [2.75, 3.05) is 26.3 Å². The van der Waals surface area contributed by atoms with Crippen molar-refractivity contribution in [3.05, 3.63) is 30.9 Å². The molecule has 0 saturated carbocycles. The van der Waals surface area contributed by atoms with Crippen molar-refractivity contribution in [3.63, 3.8) is 0 Å². The van der Waals surface area contributed by atoms with Crippen molar-refractivity contribution < 1.29 is 9.47 Å². The molecule has 4 rings (SSSR count). The molecule has 0 aliphatic carbocycles. The summed E-state index contributed by atoms with van der Waals surface area (Å²) in [7, 11) is 1.87. The number of pyridine rings is 1. The van der Waals surface area contributed by atoms with Gasteiger partial charge < -0.3 is 14.8 Å². The first-order chi connectivity index (χ1) is 11.8. The lowest BCUT2D eigenvalue weighted by atomic mass is 10.2. The number of aromatic nitrogens is 5. The number of hydrogen-bond donors (Lipinski definition) is 1. The number of ether oxygens (including phenoxy) is 2. The van der Waals surface area contributed by atoms with Gasteiger partial charge in [-0.3, -0.25) is 9.67 Å². The second-order valence-electron chi connectivity index (χ2n) is 5.65. The van der Waals surface area contributed by atoms with Crippen molar-refractivity contribution >= 4 is 11.0 Å². The zero-order valence-electron chi connectivity index (χ0n) is 13.3. The van der Waals surface area contributed by atoms with E-state index in [-0.39, 0.29) is 6.10 Å². The van der Waals surface area contributed by atoms with E-state index in [0.29, 0.717) is 24.6 Å². The first kappa shape index (κ1) is 15.0. The minimum Gasteiger partial charge on any atom is -0.473 e. The van der Waals surface area contributed by atoms with E-state index in [1.165, 1.54) is 0 Å². The largest absolute Gasteiger partial charge is 0.473 e. The summed E-state index contributed by atoms with van der Waals surface area (Å²) in [5.41, 5.74) is 3.05. The molecule has 24 heavy (non-hydrogen) atoms. The fourth-order valence-electron chi connectivity index (χ4n) is 2.64. The first-order valence-electron chi connectivity index (χ1n) is 7.85. The highest BCUT2D eigenvalue weighted by Gasteiger charge is 2.17. The zero-order valence-corrected chi connectivity index (χ0v) is 13.3. The van der Waals surface area contributed by atoms with Gasteiger partial charge in [-0.1, -0.05) is 0 Å². The number of rotatable bonds is 4. The molecule has 3 aromatic heterocycles. The number of nitrogens with one attached hydrogen (secondary N) is 1. The van der Waals surface area contributed by atoms with E-state index in [0.717, 1.165) is 29.9 Å². The molecule has 1 aliphatic rings. The van der Waals surface area contributed by atoms with Crippen LogP contribution in [0.1, 0.15) is 0 Å². The van der Waals surface area contributed by atoms with Crippen molar-refractivity contribution in [1.82, 2.24) is 30.0 Å². The monoisotopic (exact) mass is 326 g/mol. The van der Waals surface area contributed by atoms with Crippen LogP contribution in [0.25, 0.3) is 22.3 Å². The molecular weight excluding hydrogens is 308 g/mol. The molecule has 8 nitrogen and oxygen atoms in total. The lowest BCUT2D eigenvalue weighted by Gasteiger charge is -2.23. The predicted molar refractivity (Wildman–Crippen MR) is 87.6 cm³/mol. The highest BCUT2D eigenvalue weighted by molar-refractivity contribution is 5.83. The molecule has 1 saturated heterocycles. The van der Waals surface area contributed by atoms with Crippen LogP contribution in [0.3, 0.4) is 0 Å². The predicted octanol–water partition coefficient (Wildman–Crippen LogP) is 0.792. The Bertz CT molecular complexity index is 843. The van der Waals surface area contributed by atoms with Crippen LogP contribution < -0.4 is 10.1 Å². The van der Waals surface area contributed by atoms with Gasteiger partial charge in [-0.05, 0) is 6.07 Å². The Labute approximate surface area is 138 Å². The maximum absolute atomic E-state index is 5.92. The van der Waals surface area contributed by atoms with Gasteiger partial charge in [0.25, 0.3) is 0 Å². The van der Waals surface area contributed by atoms with Crippen LogP contribution in [-0.4, -0.2) is 57.1 Å². The molecule has 1 N–H and O–H groups in total. The third-order valence-electron chi connectivity index (χ3n) is 3.84. The number of hydrogen-bond acceptors (Lipinski definition) is 7. The van der Waals surface area contributed by atoms with Gasteiger partial charge in [-0.15, -0.1) is 0 Å². The van der Waals surface area contributed by atoms with E-state index >= 15 is 0 Å². The van der Waals surface area contributed by atoms with E-state index in [1.807, 2.05) is 19.3 Å². The van der Waals surface area contributed by atoms with Crippen molar-refractivity contribution in [2.24, 2.45) is 7.05 Å². The summed E-state index contributed by atoms with van der Waals surface area (Å²) < 4.78 is 13.3. The fourth-order valence-corrected chi connectivity index (χ4v) is 2.64. The Morgan fingerprint density at radius 1 is 1.38 bits per heavy atom. The summed E-state index contributed by atoms with van der Waals surface area (Å²) in [6, 6.07) is 1.89. The van der Waals surface area contributed by atoms with Crippen molar-refractivity contribution in [1.29, 1.82) is 0 Å². The van der Waals surface area contributed by atoms with Crippen LogP contribution in [0.5, 0.6) is 5.88 Å². The number of aryl methyl sites for hydroxylation is 1. The molecule has 124 valence electrons. The van der Waals surface area contributed by atoms with Crippen LogP contribution in [0.4, 0.5) is 0 Å². The van der Waals surface area contributed by atoms with Gasteiger partial charge in [0.1, 0.15) is 12.7 Å². The van der Waals surface area contributed by atoms with Crippen LogP contribution in [0, 0.1) is 0 Å². The van der Waals surface area contributed by atoms with E-state index < -0.39 is 0 Å². The molecule has 0 spiro atoms. The Hall–Kier alpha value is -2.58. The lowest BCUT2D eigenvalue weighted by molar-refractivity contribution is -0.000407. The highest BCUT2D eigenvalue weighted by Crippen LogP contribution is 2.26. The van der Waals surface area contributed by atoms with Gasteiger partial charge in [0.05, 0.1) is 24.0 Å². The van der Waals surface area contributed by atoms with Gasteiger partial charge in [0.15, 0.2) is 5.52 Å². The van der Waals surface area contributed by atoms with Crippen molar-refractivity contribution in [2.45, 2.75) is 6.10 Å². The van der Waals surface area contributed by atoms with Crippen LogP contribution in [-0.2, 0) is 11.8 Å². The third-order valence-corrected chi connectivity index (χ3v) is 3.84. The molecule has 4 heterocycles. The second kappa shape index (κ2) is 6.50. The molecular formula is C16H18N6O2. The summed E-state index contributed by atoms with van der Waals surface area (Å²) in [6.07, 6.45) is 6.98. The SMILES string of the molecule is Cn1cc(-c2cc3nccnc3c(OC[C@@H]3CNCCO3)n2)cn1. The number of fused-ring (bicyclic) bond motifs is 1. The zero-order chi connectivity index (χ0) is 16.4. The molecule has 0 bridgehead atoms. The van der Waals surface area contributed by atoms with Crippen molar-refractivity contribution in [3.8, 4) is 17.1 Å². The summed E-state index contributed by atoms with van der Waals surface area (Å²) in [5.74, 6) is 0.466. The Morgan fingerprint density at radius 3 is 3.08 bits per heavy atom. The lowest BCUT2D eigenvalue weighted by Crippen LogP contribution is -2.41. The molecule has 1 aliphatic heterocycles. The van der Waals surface area contributed by atoms with Gasteiger partial charge >= 0.3 is 0 Å². The fraction of sp³-hybridized carbons (Fsp3) is 0.375. The average Bonchev–Trinajstić information content (AvgIpc) is 3.07. The molecule has 0 amide bonds. The molecule has 1 atom stereocenters. The highest BCUT2D eigenvalue weighted by atomic mass is 16.5. The minimum absolute atomic E-state index is 0.00863. The Kier molecular flexibility index (Phi) is 4.06. The Morgan fingerprint density at radius 2 is 2.29 bits per heavy atom. The van der Waals surface area contributed by atoms with E-state index in [2.05, 4.69) is 25.4 Å². The minimum atomic E-state index is 0.00863. The Balaban J connectivity index is 1.66. The average molecular weight is 326 g/mol. The van der Waals surface area contributed by atoms with E-state index in [4.69, 9.17) is 9.47 Å². The van der Waals surface area contributed by atoms with E-state index in [9.17, 15) is 0 Å². The number of morpholine rings is 1. The summed E-state index contributed by atoms with van der Waals surface area (Å²) in [5, 5.41) is 7.48. The van der Waals surface area contributed by atoms with Crippen LogP contribution in [0.2, 0.25) is 0 Å². The van der Waals surface area contributed by atoms with Gasteiger partial charge in [-0.25, -0.2) is 9.97 Å². The smallest absolute Gasteiger partial charge is 0.242 e. The molecule has 8 heteroatoms. The second-order valence-corrected chi connectivity index (χ2v) is 5.65. The van der Waals surface area contributed by atoms with Gasteiger partial charge in [0, 0.05) is 44.3 Å². The van der Waals surface area contributed by atoms with Crippen LogP contribution in [0.15, 0.2) is 30.9 Å². The van der Waals surface area contributed by atoms with Crippen LogP contribution >= 0.6 is 0 Å². The summed E-state index contributed by atoms with van der Waals surface area (Å²) >= 11 is 0. The molecule has 3 aromatic rings.